The summed E-state index contributed by atoms with van der Waals surface area (Å²) in [6.45, 7) is 4.33. The first kappa shape index (κ1) is 15.2. The smallest absolute Gasteiger partial charge is 0.322 e. The summed E-state index contributed by atoms with van der Waals surface area (Å²) < 4.78 is 4.83. The number of esters is 1. The zero-order chi connectivity index (χ0) is 14.1. The molecule has 1 aromatic carbocycles. The van der Waals surface area contributed by atoms with E-state index in [1.807, 2.05) is 30.3 Å². The van der Waals surface area contributed by atoms with Crippen LogP contribution in [0.5, 0.6) is 0 Å². The molecule has 1 unspecified atom stereocenters. The molecule has 104 valence electrons. The minimum absolute atomic E-state index is 0.0901. The first-order chi connectivity index (χ1) is 9.13. The van der Waals surface area contributed by atoms with Crippen LogP contribution in [0, 0.1) is 0 Å². The lowest BCUT2D eigenvalue weighted by molar-refractivity contribution is -0.145. The molecule has 0 saturated carbocycles. The Hall–Kier alpha value is -1.88. The second kappa shape index (κ2) is 8.26. The van der Waals surface area contributed by atoms with Crippen molar-refractivity contribution in [3.8, 4) is 0 Å². The maximum absolute atomic E-state index is 11.6. The number of hydrogen-bond donors (Lipinski definition) is 2. The molecule has 0 saturated heterocycles. The molecule has 0 radical (unpaired) electrons. The lowest BCUT2D eigenvalue weighted by Crippen LogP contribution is -2.42. The highest BCUT2D eigenvalue weighted by atomic mass is 16.5. The van der Waals surface area contributed by atoms with Crippen molar-refractivity contribution in [3.63, 3.8) is 0 Å². The second-order valence-electron chi connectivity index (χ2n) is 4.12. The van der Waals surface area contributed by atoms with Crippen LogP contribution in [0.3, 0.4) is 0 Å². The molecule has 0 aliphatic heterocycles. The van der Waals surface area contributed by atoms with E-state index in [0.717, 1.165) is 5.56 Å². The van der Waals surface area contributed by atoms with Crippen LogP contribution in [0.4, 0.5) is 0 Å². The van der Waals surface area contributed by atoms with E-state index in [4.69, 9.17) is 4.74 Å². The minimum Gasteiger partial charge on any atom is -0.465 e. The van der Waals surface area contributed by atoms with Gasteiger partial charge in [0.25, 0.3) is 0 Å². The van der Waals surface area contributed by atoms with Gasteiger partial charge in [-0.05, 0) is 19.4 Å². The fourth-order valence-electron chi connectivity index (χ4n) is 1.46. The van der Waals surface area contributed by atoms with Gasteiger partial charge in [0, 0.05) is 6.54 Å². The highest BCUT2D eigenvalue weighted by Crippen LogP contribution is 1.96. The lowest BCUT2D eigenvalue weighted by Gasteiger charge is -2.12. The molecule has 1 atom stereocenters. The van der Waals surface area contributed by atoms with Crippen molar-refractivity contribution in [1.82, 2.24) is 10.6 Å². The first-order valence-corrected chi connectivity index (χ1v) is 6.34. The zero-order valence-electron chi connectivity index (χ0n) is 11.3. The van der Waals surface area contributed by atoms with Gasteiger partial charge in [-0.2, -0.15) is 0 Å². The molecule has 0 aromatic heterocycles. The Bertz CT molecular complexity index is 406. The normalized spacial score (nSPS) is 11.7. The van der Waals surface area contributed by atoms with Gasteiger partial charge in [0.15, 0.2) is 0 Å². The van der Waals surface area contributed by atoms with Gasteiger partial charge in [-0.25, -0.2) is 0 Å². The number of carbonyl (C=O) groups excluding carboxylic acids is 2. The van der Waals surface area contributed by atoms with E-state index in [1.165, 1.54) is 0 Å². The van der Waals surface area contributed by atoms with E-state index in [1.54, 1.807) is 13.8 Å². The van der Waals surface area contributed by atoms with Crippen molar-refractivity contribution in [2.24, 2.45) is 0 Å². The van der Waals surface area contributed by atoms with Crippen LogP contribution >= 0.6 is 0 Å². The number of hydrogen-bond acceptors (Lipinski definition) is 4. The van der Waals surface area contributed by atoms with Crippen molar-refractivity contribution in [2.75, 3.05) is 13.2 Å². The number of nitrogens with one attached hydrogen (secondary N) is 2. The lowest BCUT2D eigenvalue weighted by atomic mass is 10.2. The first-order valence-electron chi connectivity index (χ1n) is 6.34. The maximum Gasteiger partial charge on any atom is 0.322 e. The highest BCUT2D eigenvalue weighted by Gasteiger charge is 2.14. The fraction of sp³-hybridized carbons (Fsp3) is 0.429. The molecule has 1 amide bonds. The molecule has 0 aliphatic carbocycles. The van der Waals surface area contributed by atoms with Gasteiger partial charge < -0.3 is 10.1 Å². The van der Waals surface area contributed by atoms with E-state index in [2.05, 4.69) is 10.6 Å². The summed E-state index contributed by atoms with van der Waals surface area (Å²) in [7, 11) is 0. The van der Waals surface area contributed by atoms with E-state index >= 15 is 0 Å². The van der Waals surface area contributed by atoms with Crippen molar-refractivity contribution in [1.29, 1.82) is 0 Å². The van der Waals surface area contributed by atoms with Gasteiger partial charge >= 0.3 is 5.97 Å². The van der Waals surface area contributed by atoms with Crippen LogP contribution < -0.4 is 10.6 Å². The van der Waals surface area contributed by atoms with Gasteiger partial charge in [-0.1, -0.05) is 30.3 Å². The average Bonchev–Trinajstić information content (AvgIpc) is 2.43. The van der Waals surface area contributed by atoms with Crippen LogP contribution in [-0.2, 0) is 20.9 Å². The summed E-state index contributed by atoms with van der Waals surface area (Å²) in [6, 6.07) is 9.16. The number of ether oxygens (including phenoxy) is 1. The molecular weight excluding hydrogens is 244 g/mol. The molecule has 19 heavy (non-hydrogen) atoms. The quantitative estimate of drug-likeness (QED) is 0.716. The van der Waals surface area contributed by atoms with E-state index in [-0.39, 0.29) is 18.4 Å². The van der Waals surface area contributed by atoms with Crippen molar-refractivity contribution >= 4 is 11.9 Å². The summed E-state index contributed by atoms with van der Waals surface area (Å²) in [4.78, 5) is 22.9. The molecule has 1 aromatic rings. The predicted molar refractivity (Wildman–Crippen MR) is 72.4 cm³/mol. The topological polar surface area (TPSA) is 67.4 Å². The van der Waals surface area contributed by atoms with Crippen molar-refractivity contribution < 1.29 is 14.3 Å². The molecule has 0 fully saturated rings. The molecule has 2 N–H and O–H groups in total. The predicted octanol–water partition coefficient (Wildman–Crippen LogP) is 0.844. The largest absolute Gasteiger partial charge is 0.465 e. The second-order valence-corrected chi connectivity index (χ2v) is 4.12. The van der Waals surface area contributed by atoms with Crippen LogP contribution in [0.15, 0.2) is 30.3 Å². The summed E-state index contributed by atoms with van der Waals surface area (Å²) >= 11 is 0. The SMILES string of the molecule is CCOC(=O)C(C)NCC(=O)NCc1ccccc1. The molecule has 5 nitrogen and oxygen atoms in total. The number of amides is 1. The zero-order valence-corrected chi connectivity index (χ0v) is 11.3. The van der Waals surface area contributed by atoms with Gasteiger partial charge in [-0.3, -0.25) is 14.9 Å². The molecule has 5 heteroatoms. The Kier molecular flexibility index (Phi) is 6.60. The molecule has 0 heterocycles. The standard InChI is InChI=1S/C14H20N2O3/c1-3-19-14(18)11(2)15-10-13(17)16-9-12-7-5-4-6-8-12/h4-8,11,15H,3,9-10H2,1-2H3,(H,16,17). The molecule has 0 spiro atoms. The van der Waals surface area contributed by atoms with E-state index < -0.39 is 6.04 Å². The van der Waals surface area contributed by atoms with E-state index in [9.17, 15) is 9.59 Å². The third-order valence-corrected chi connectivity index (χ3v) is 2.54. The third-order valence-electron chi connectivity index (χ3n) is 2.54. The van der Waals surface area contributed by atoms with Crippen molar-refractivity contribution in [3.05, 3.63) is 35.9 Å². The van der Waals surface area contributed by atoms with Gasteiger partial charge in [0.1, 0.15) is 6.04 Å². The highest BCUT2D eigenvalue weighted by molar-refractivity contribution is 5.80. The third kappa shape index (κ3) is 6.01. The number of carbonyl (C=O) groups is 2. The van der Waals surface area contributed by atoms with Gasteiger partial charge in [-0.15, -0.1) is 0 Å². The Morgan fingerprint density at radius 2 is 1.95 bits per heavy atom. The summed E-state index contributed by atoms with van der Waals surface area (Å²) in [5.41, 5.74) is 1.04. The molecule has 0 aliphatic rings. The number of rotatable bonds is 7. The summed E-state index contributed by atoms with van der Waals surface area (Å²) in [6.07, 6.45) is 0. The molecular formula is C14H20N2O3. The van der Waals surface area contributed by atoms with Gasteiger partial charge in [0.2, 0.25) is 5.91 Å². The van der Waals surface area contributed by atoms with E-state index in [0.29, 0.717) is 13.2 Å². The minimum atomic E-state index is -0.484. The van der Waals surface area contributed by atoms with Crippen molar-refractivity contribution in [2.45, 2.75) is 26.4 Å². The Balaban J connectivity index is 2.23. The fourth-order valence-corrected chi connectivity index (χ4v) is 1.46. The average molecular weight is 264 g/mol. The van der Waals surface area contributed by atoms with Crippen LogP contribution in [0.25, 0.3) is 0 Å². The maximum atomic E-state index is 11.6. The van der Waals surface area contributed by atoms with Gasteiger partial charge in [0.05, 0.1) is 13.2 Å². The summed E-state index contributed by atoms with van der Waals surface area (Å²) in [5.74, 6) is -0.502. The summed E-state index contributed by atoms with van der Waals surface area (Å²) in [5, 5.41) is 5.59. The molecule has 1 rings (SSSR count). The Labute approximate surface area is 113 Å². The monoisotopic (exact) mass is 264 g/mol. The van der Waals surface area contributed by atoms with Crippen LogP contribution in [0.1, 0.15) is 19.4 Å². The van der Waals surface area contributed by atoms with Crippen LogP contribution in [-0.4, -0.2) is 31.1 Å². The Morgan fingerprint density at radius 3 is 2.58 bits per heavy atom. The number of benzene rings is 1. The Morgan fingerprint density at radius 1 is 1.26 bits per heavy atom. The molecule has 0 bridgehead atoms. The van der Waals surface area contributed by atoms with Crippen LogP contribution in [0.2, 0.25) is 0 Å².